The Hall–Kier alpha value is -0.690. The Morgan fingerprint density at radius 3 is 0.632 bits per heavy atom. The number of aliphatic hydroxyl groups is 4. The van der Waals surface area contributed by atoms with Crippen LogP contribution in [-0.4, -0.2) is 57.3 Å². The molecule has 0 aliphatic heterocycles. The van der Waals surface area contributed by atoms with Gasteiger partial charge in [0.2, 0.25) is 5.91 Å². The number of carbonyl (C=O) groups is 1. The van der Waals surface area contributed by atoms with E-state index in [2.05, 4.69) is 19.2 Å². The summed E-state index contributed by atoms with van der Waals surface area (Å²) in [6.45, 7) is 4.12. The molecule has 0 saturated carbocycles. The number of nitrogens with one attached hydrogen (secondary N) is 1. The van der Waals surface area contributed by atoms with Crippen molar-refractivity contribution in [1.82, 2.24) is 5.32 Å². The molecule has 76 heavy (non-hydrogen) atoms. The SMILES string of the molecule is CCCCCCCCCCCCCCCCCCCCCCCCCCCCCCCCCCCCC(O)C(=O)NC(CO)C(O)C(O)CCCCCCCCCCCCCCCCCCCCCCCCCCCC. The number of hydrogen-bond donors (Lipinski definition) is 5. The van der Waals surface area contributed by atoms with Crippen LogP contribution in [0, 0.1) is 0 Å². The van der Waals surface area contributed by atoms with E-state index in [0.29, 0.717) is 12.8 Å². The summed E-state index contributed by atoms with van der Waals surface area (Å²) in [7, 11) is 0. The minimum absolute atomic E-state index is 0.377. The fourth-order valence-corrected chi connectivity index (χ4v) is 11.8. The lowest BCUT2D eigenvalue weighted by Gasteiger charge is -2.27. The van der Waals surface area contributed by atoms with E-state index >= 15 is 0 Å². The summed E-state index contributed by atoms with van der Waals surface area (Å²) >= 11 is 0. The van der Waals surface area contributed by atoms with Crippen molar-refractivity contribution < 1.29 is 25.2 Å². The zero-order chi connectivity index (χ0) is 55.1. The summed E-state index contributed by atoms with van der Waals surface area (Å²) in [6, 6.07) is -0.982. The van der Waals surface area contributed by atoms with Crippen LogP contribution in [-0.2, 0) is 4.79 Å². The van der Waals surface area contributed by atoms with Crippen LogP contribution in [0.5, 0.6) is 0 Å². The van der Waals surface area contributed by atoms with E-state index in [-0.39, 0.29) is 0 Å². The van der Waals surface area contributed by atoms with Crippen molar-refractivity contribution in [3.63, 3.8) is 0 Å². The van der Waals surface area contributed by atoms with Crippen molar-refractivity contribution in [2.75, 3.05) is 6.61 Å². The van der Waals surface area contributed by atoms with Gasteiger partial charge in [0, 0.05) is 0 Å². The molecule has 0 fully saturated rings. The predicted octanol–water partition coefficient (Wildman–Crippen LogP) is 21.8. The molecule has 0 spiro atoms. The first kappa shape index (κ1) is 75.3. The number of unbranched alkanes of at least 4 members (excludes halogenated alkanes) is 58. The maximum Gasteiger partial charge on any atom is 0.249 e. The molecular formula is C70H141NO5. The molecule has 5 N–H and O–H groups in total. The van der Waals surface area contributed by atoms with Gasteiger partial charge in [-0.3, -0.25) is 4.79 Å². The zero-order valence-electron chi connectivity index (χ0n) is 52.1. The van der Waals surface area contributed by atoms with Crippen LogP contribution in [0.4, 0.5) is 0 Å². The molecule has 0 aliphatic rings. The van der Waals surface area contributed by atoms with Gasteiger partial charge >= 0.3 is 0 Å². The lowest BCUT2D eigenvalue weighted by atomic mass is 9.99. The largest absolute Gasteiger partial charge is 0.394 e. The third kappa shape index (κ3) is 58.0. The minimum atomic E-state index is -1.26. The third-order valence-electron chi connectivity index (χ3n) is 17.3. The standard InChI is InChI=1S/C70H141NO5/c1-3-5-7-9-11-13-15-17-19-21-23-25-27-29-31-32-33-34-35-36-37-38-40-42-44-46-48-50-52-54-56-58-60-62-64-68(74)70(76)71-66(65-72)69(75)67(73)63-61-59-57-55-53-51-49-47-45-43-41-39-30-28-26-24-22-20-18-16-14-12-10-8-6-4-2/h66-69,72-75H,3-65H2,1-2H3,(H,71,76). The van der Waals surface area contributed by atoms with E-state index in [1.165, 1.54) is 347 Å². The summed E-state index contributed by atoms with van der Waals surface area (Å²) in [5.74, 6) is -0.573. The molecule has 4 unspecified atom stereocenters. The van der Waals surface area contributed by atoms with Gasteiger partial charge in [0.15, 0.2) is 0 Å². The van der Waals surface area contributed by atoms with Gasteiger partial charge in [0.05, 0.1) is 18.8 Å². The van der Waals surface area contributed by atoms with E-state index in [1.54, 1.807) is 0 Å². The van der Waals surface area contributed by atoms with Crippen molar-refractivity contribution >= 4 is 5.91 Å². The van der Waals surface area contributed by atoms with Gasteiger partial charge in [-0.25, -0.2) is 0 Å². The Balaban J connectivity index is 3.49. The van der Waals surface area contributed by atoms with E-state index in [9.17, 15) is 25.2 Å². The molecule has 0 bridgehead atoms. The molecule has 0 aliphatic carbocycles. The van der Waals surface area contributed by atoms with Crippen molar-refractivity contribution in [3.05, 3.63) is 0 Å². The summed E-state index contributed by atoms with van der Waals surface area (Å²) in [5.41, 5.74) is 0. The molecule has 0 heterocycles. The molecule has 456 valence electrons. The minimum Gasteiger partial charge on any atom is -0.394 e. The summed E-state index contributed by atoms with van der Waals surface area (Å²) in [6.07, 6.45) is 79.5. The fraction of sp³-hybridized carbons (Fsp3) is 0.986. The van der Waals surface area contributed by atoms with Crippen molar-refractivity contribution in [2.24, 2.45) is 0 Å². The highest BCUT2D eigenvalue weighted by atomic mass is 16.3. The highest BCUT2D eigenvalue weighted by Crippen LogP contribution is 2.20. The molecule has 0 saturated heterocycles. The summed E-state index contributed by atoms with van der Waals surface area (Å²) in [5, 5.41) is 44.3. The maximum atomic E-state index is 12.7. The van der Waals surface area contributed by atoms with Crippen LogP contribution in [0.1, 0.15) is 412 Å². The normalized spacial score (nSPS) is 13.4. The third-order valence-corrected chi connectivity index (χ3v) is 17.3. The Morgan fingerprint density at radius 2 is 0.447 bits per heavy atom. The first-order valence-electron chi connectivity index (χ1n) is 35.4. The van der Waals surface area contributed by atoms with Gasteiger partial charge in [0.25, 0.3) is 0 Å². The van der Waals surface area contributed by atoms with Crippen LogP contribution in [0.25, 0.3) is 0 Å². The lowest BCUT2D eigenvalue weighted by Crippen LogP contribution is -2.53. The maximum absolute atomic E-state index is 12.7. The van der Waals surface area contributed by atoms with Crippen LogP contribution in [0.2, 0.25) is 0 Å². The molecule has 0 aromatic rings. The van der Waals surface area contributed by atoms with Gasteiger partial charge in [0.1, 0.15) is 12.2 Å². The van der Waals surface area contributed by atoms with Crippen molar-refractivity contribution in [2.45, 2.75) is 436 Å². The molecule has 6 heteroatoms. The number of aliphatic hydroxyl groups excluding tert-OH is 4. The van der Waals surface area contributed by atoms with Gasteiger partial charge < -0.3 is 25.7 Å². The monoisotopic (exact) mass is 1080 g/mol. The average molecular weight is 1080 g/mol. The summed E-state index contributed by atoms with van der Waals surface area (Å²) in [4.78, 5) is 12.7. The van der Waals surface area contributed by atoms with Gasteiger partial charge in [-0.2, -0.15) is 0 Å². The number of hydrogen-bond acceptors (Lipinski definition) is 5. The van der Waals surface area contributed by atoms with Crippen molar-refractivity contribution in [1.29, 1.82) is 0 Å². The first-order valence-corrected chi connectivity index (χ1v) is 35.4. The Kier molecular flexibility index (Phi) is 64.5. The van der Waals surface area contributed by atoms with Gasteiger partial charge in [-0.15, -0.1) is 0 Å². The molecule has 1 amide bonds. The Morgan fingerprint density at radius 1 is 0.276 bits per heavy atom. The Labute approximate surface area is 477 Å². The Bertz CT molecular complexity index is 1070. The second kappa shape index (κ2) is 65.1. The van der Waals surface area contributed by atoms with Crippen LogP contribution < -0.4 is 5.32 Å². The van der Waals surface area contributed by atoms with E-state index in [0.717, 1.165) is 38.5 Å². The lowest BCUT2D eigenvalue weighted by molar-refractivity contribution is -0.132. The highest BCUT2D eigenvalue weighted by Gasteiger charge is 2.28. The molecule has 0 radical (unpaired) electrons. The van der Waals surface area contributed by atoms with E-state index in [4.69, 9.17) is 0 Å². The molecule has 0 aromatic carbocycles. The zero-order valence-corrected chi connectivity index (χ0v) is 52.1. The van der Waals surface area contributed by atoms with Gasteiger partial charge in [-0.05, 0) is 12.8 Å². The number of rotatable bonds is 67. The van der Waals surface area contributed by atoms with Gasteiger partial charge in [-0.1, -0.05) is 399 Å². The second-order valence-electron chi connectivity index (χ2n) is 25.0. The van der Waals surface area contributed by atoms with E-state index < -0.39 is 36.9 Å². The summed E-state index contributed by atoms with van der Waals surface area (Å²) < 4.78 is 0. The molecule has 4 atom stereocenters. The quantitative estimate of drug-likeness (QED) is 0.0390. The number of amides is 1. The molecule has 0 aromatic heterocycles. The molecule has 0 rings (SSSR count). The van der Waals surface area contributed by atoms with E-state index in [1.807, 2.05) is 0 Å². The van der Waals surface area contributed by atoms with Crippen molar-refractivity contribution in [3.8, 4) is 0 Å². The fourth-order valence-electron chi connectivity index (χ4n) is 11.8. The first-order chi connectivity index (χ1) is 37.5. The average Bonchev–Trinajstić information content (AvgIpc) is 3.42. The second-order valence-corrected chi connectivity index (χ2v) is 25.0. The van der Waals surface area contributed by atoms with Crippen LogP contribution in [0.15, 0.2) is 0 Å². The smallest absolute Gasteiger partial charge is 0.249 e. The topological polar surface area (TPSA) is 110 Å². The molecule has 6 nitrogen and oxygen atoms in total. The highest BCUT2D eigenvalue weighted by molar-refractivity contribution is 5.80. The molecular weight excluding hydrogens is 935 g/mol. The van der Waals surface area contributed by atoms with Crippen LogP contribution >= 0.6 is 0 Å². The number of carbonyl (C=O) groups excluding carboxylic acids is 1. The predicted molar refractivity (Wildman–Crippen MR) is 335 cm³/mol. The van der Waals surface area contributed by atoms with Crippen LogP contribution in [0.3, 0.4) is 0 Å².